The van der Waals surface area contributed by atoms with Crippen LogP contribution < -0.4 is 10.0 Å². The maximum absolute atomic E-state index is 13.0. The lowest BCUT2D eigenvalue weighted by Gasteiger charge is -2.16. The fraction of sp³-hybridized carbons (Fsp3) is 0.350. The summed E-state index contributed by atoms with van der Waals surface area (Å²) in [7, 11) is -4.14. The third kappa shape index (κ3) is 4.56. The Morgan fingerprint density at radius 1 is 1.14 bits per heavy atom. The predicted molar refractivity (Wildman–Crippen MR) is 110 cm³/mol. The van der Waals surface area contributed by atoms with Crippen LogP contribution in [0, 0.1) is 24.0 Å². The fourth-order valence-electron chi connectivity index (χ4n) is 3.50. The van der Waals surface area contributed by atoms with Gasteiger partial charge in [0.25, 0.3) is 21.6 Å². The third-order valence-corrected chi connectivity index (χ3v) is 6.70. The molecular formula is C20H23N3O5S. The fourth-order valence-corrected chi connectivity index (χ4v) is 4.91. The third-order valence-electron chi connectivity index (χ3n) is 5.21. The van der Waals surface area contributed by atoms with Gasteiger partial charge in [0, 0.05) is 18.2 Å². The molecule has 1 aliphatic rings. The monoisotopic (exact) mass is 417 g/mol. The number of benzene rings is 2. The number of rotatable bonds is 6. The molecule has 0 aromatic heterocycles. The summed E-state index contributed by atoms with van der Waals surface area (Å²) in [4.78, 5) is 23.0. The molecule has 2 aromatic carbocycles. The summed E-state index contributed by atoms with van der Waals surface area (Å²) in [6, 6.07) is 8.78. The first-order valence-electron chi connectivity index (χ1n) is 9.37. The zero-order valence-corrected chi connectivity index (χ0v) is 17.1. The Balaban J connectivity index is 1.94. The molecule has 0 saturated heterocycles. The maximum Gasteiger partial charge on any atom is 0.271 e. The van der Waals surface area contributed by atoms with Gasteiger partial charge in [-0.2, -0.15) is 0 Å². The predicted octanol–water partition coefficient (Wildman–Crippen LogP) is 3.68. The van der Waals surface area contributed by atoms with Crippen LogP contribution >= 0.6 is 0 Å². The van der Waals surface area contributed by atoms with E-state index >= 15 is 0 Å². The van der Waals surface area contributed by atoms with Gasteiger partial charge in [0.15, 0.2) is 0 Å². The van der Waals surface area contributed by atoms with Crippen molar-refractivity contribution in [2.24, 2.45) is 0 Å². The molecule has 2 N–H and O–H groups in total. The number of hydrogen-bond donors (Lipinski definition) is 2. The molecule has 0 aliphatic heterocycles. The number of nitro groups is 1. The van der Waals surface area contributed by atoms with E-state index in [4.69, 9.17) is 0 Å². The van der Waals surface area contributed by atoms with E-state index in [9.17, 15) is 23.3 Å². The SMILES string of the molecule is Cc1cc([N+](=O)[O-])cc(S(=O)(=O)Nc2ccccc2C(=O)NC2CCCC2)c1C. The van der Waals surface area contributed by atoms with Crippen LogP contribution in [0.15, 0.2) is 41.3 Å². The first-order valence-corrected chi connectivity index (χ1v) is 10.9. The number of aryl methyl sites for hydroxylation is 1. The molecule has 9 heteroatoms. The van der Waals surface area contributed by atoms with Gasteiger partial charge < -0.3 is 5.32 Å². The molecule has 1 aliphatic carbocycles. The summed E-state index contributed by atoms with van der Waals surface area (Å²) in [5.41, 5.74) is 0.942. The van der Waals surface area contributed by atoms with E-state index in [1.807, 2.05) is 0 Å². The minimum atomic E-state index is -4.14. The highest BCUT2D eigenvalue weighted by atomic mass is 32.2. The average Bonchev–Trinajstić information content (AvgIpc) is 3.16. The van der Waals surface area contributed by atoms with Crippen molar-refractivity contribution < 1.29 is 18.1 Å². The van der Waals surface area contributed by atoms with Crippen molar-refractivity contribution >= 4 is 27.3 Å². The molecule has 154 valence electrons. The summed E-state index contributed by atoms with van der Waals surface area (Å²) < 4.78 is 28.4. The first kappa shape index (κ1) is 20.8. The Hall–Kier alpha value is -2.94. The van der Waals surface area contributed by atoms with Crippen molar-refractivity contribution in [3.05, 3.63) is 63.2 Å². The van der Waals surface area contributed by atoms with Gasteiger partial charge in [-0.05, 0) is 49.9 Å². The Labute approximate surface area is 169 Å². The highest BCUT2D eigenvalue weighted by Crippen LogP contribution is 2.28. The van der Waals surface area contributed by atoms with Gasteiger partial charge in [0.05, 0.1) is 21.1 Å². The summed E-state index contributed by atoms with van der Waals surface area (Å²) in [6.45, 7) is 3.21. The Morgan fingerprint density at radius 3 is 2.45 bits per heavy atom. The number of amides is 1. The van der Waals surface area contributed by atoms with Crippen molar-refractivity contribution in [2.45, 2.75) is 50.5 Å². The maximum atomic E-state index is 13.0. The lowest BCUT2D eigenvalue weighted by atomic mass is 10.1. The number of nitrogens with zero attached hydrogens (tertiary/aromatic N) is 1. The van der Waals surface area contributed by atoms with Gasteiger partial charge in [0.2, 0.25) is 0 Å². The lowest BCUT2D eigenvalue weighted by molar-refractivity contribution is -0.385. The number of para-hydroxylation sites is 1. The molecule has 0 atom stereocenters. The lowest BCUT2D eigenvalue weighted by Crippen LogP contribution is -2.33. The summed E-state index contributed by atoms with van der Waals surface area (Å²) in [6.07, 6.45) is 3.94. The largest absolute Gasteiger partial charge is 0.349 e. The van der Waals surface area contributed by atoms with Gasteiger partial charge in [-0.3, -0.25) is 19.6 Å². The topological polar surface area (TPSA) is 118 Å². The quantitative estimate of drug-likeness (QED) is 0.549. The smallest absolute Gasteiger partial charge is 0.271 e. The molecule has 8 nitrogen and oxygen atoms in total. The molecular weight excluding hydrogens is 394 g/mol. The van der Waals surface area contributed by atoms with Crippen LogP contribution in [0.1, 0.15) is 47.2 Å². The molecule has 29 heavy (non-hydrogen) atoms. The van der Waals surface area contributed by atoms with Crippen molar-refractivity contribution in [1.29, 1.82) is 0 Å². The number of anilines is 1. The Kier molecular flexibility index (Phi) is 5.88. The van der Waals surface area contributed by atoms with Gasteiger partial charge in [0.1, 0.15) is 0 Å². The van der Waals surface area contributed by atoms with Crippen LogP contribution in [0.2, 0.25) is 0 Å². The molecule has 0 radical (unpaired) electrons. The Morgan fingerprint density at radius 2 is 1.79 bits per heavy atom. The molecule has 0 spiro atoms. The molecule has 1 saturated carbocycles. The molecule has 0 bridgehead atoms. The number of carbonyl (C=O) groups is 1. The molecule has 1 fully saturated rings. The zero-order chi connectivity index (χ0) is 21.2. The highest BCUT2D eigenvalue weighted by Gasteiger charge is 2.25. The van der Waals surface area contributed by atoms with E-state index in [0.29, 0.717) is 11.1 Å². The van der Waals surface area contributed by atoms with Crippen molar-refractivity contribution in [3.8, 4) is 0 Å². The number of hydrogen-bond acceptors (Lipinski definition) is 5. The van der Waals surface area contributed by atoms with Gasteiger partial charge >= 0.3 is 0 Å². The second-order valence-corrected chi connectivity index (χ2v) is 8.90. The average molecular weight is 417 g/mol. The number of carbonyl (C=O) groups excluding carboxylic acids is 1. The van der Waals surface area contributed by atoms with E-state index in [-0.39, 0.29) is 33.8 Å². The number of nitrogens with one attached hydrogen (secondary N) is 2. The first-order chi connectivity index (χ1) is 13.7. The summed E-state index contributed by atoms with van der Waals surface area (Å²) >= 11 is 0. The molecule has 0 unspecified atom stereocenters. The highest BCUT2D eigenvalue weighted by molar-refractivity contribution is 7.92. The standard InChI is InChI=1S/C20H23N3O5S/c1-13-11-16(23(25)26)12-19(14(13)2)29(27,28)22-18-10-6-5-9-17(18)20(24)21-15-7-3-4-8-15/h5-6,9-12,15,22H,3-4,7-8H2,1-2H3,(H,21,24). The van der Waals surface area contributed by atoms with E-state index in [0.717, 1.165) is 31.7 Å². The normalized spacial score (nSPS) is 14.6. The number of non-ortho nitro benzene ring substituents is 1. The van der Waals surface area contributed by atoms with Crippen LogP contribution in [-0.2, 0) is 10.0 Å². The summed E-state index contributed by atoms with van der Waals surface area (Å²) in [5, 5.41) is 14.1. The Bertz CT molecular complexity index is 1060. The molecule has 2 aromatic rings. The minimum Gasteiger partial charge on any atom is -0.349 e. The molecule has 0 heterocycles. The van der Waals surface area contributed by atoms with Crippen LogP contribution in [-0.4, -0.2) is 25.3 Å². The second kappa shape index (κ2) is 8.20. The number of nitro benzene ring substituents is 1. The minimum absolute atomic E-state index is 0.0915. The van der Waals surface area contributed by atoms with Gasteiger partial charge in [-0.25, -0.2) is 8.42 Å². The van der Waals surface area contributed by atoms with Crippen LogP contribution in [0.3, 0.4) is 0 Å². The second-order valence-electron chi connectivity index (χ2n) is 7.25. The van der Waals surface area contributed by atoms with Crippen LogP contribution in [0.5, 0.6) is 0 Å². The van der Waals surface area contributed by atoms with Crippen LogP contribution in [0.4, 0.5) is 11.4 Å². The summed E-state index contributed by atoms with van der Waals surface area (Å²) in [5.74, 6) is -0.345. The van der Waals surface area contributed by atoms with Crippen molar-refractivity contribution in [2.75, 3.05) is 4.72 Å². The molecule has 1 amide bonds. The van der Waals surface area contributed by atoms with E-state index in [2.05, 4.69) is 10.0 Å². The van der Waals surface area contributed by atoms with E-state index in [1.54, 1.807) is 32.0 Å². The van der Waals surface area contributed by atoms with E-state index in [1.165, 1.54) is 12.1 Å². The molecule has 3 rings (SSSR count). The van der Waals surface area contributed by atoms with Crippen molar-refractivity contribution in [1.82, 2.24) is 5.32 Å². The van der Waals surface area contributed by atoms with Gasteiger partial charge in [-0.15, -0.1) is 0 Å². The van der Waals surface area contributed by atoms with Crippen molar-refractivity contribution in [3.63, 3.8) is 0 Å². The van der Waals surface area contributed by atoms with Gasteiger partial charge in [-0.1, -0.05) is 25.0 Å². The van der Waals surface area contributed by atoms with Crippen LogP contribution in [0.25, 0.3) is 0 Å². The zero-order valence-electron chi connectivity index (χ0n) is 16.3. The van der Waals surface area contributed by atoms with E-state index < -0.39 is 14.9 Å². The number of sulfonamides is 1.